The molecule has 0 heterocycles. The summed E-state index contributed by atoms with van der Waals surface area (Å²) in [5.74, 6) is -0.307. The molecule has 0 aliphatic carbocycles. The predicted molar refractivity (Wildman–Crippen MR) is 84.8 cm³/mol. The summed E-state index contributed by atoms with van der Waals surface area (Å²) in [6, 6.07) is 2.97. The first-order chi connectivity index (χ1) is 9.19. The highest BCUT2D eigenvalue weighted by molar-refractivity contribution is 9.11. The van der Waals surface area contributed by atoms with Gasteiger partial charge in [-0.15, -0.1) is 0 Å². The summed E-state index contributed by atoms with van der Waals surface area (Å²) in [6.45, 7) is 2.02. The average molecular weight is 429 g/mol. The summed E-state index contributed by atoms with van der Waals surface area (Å²) in [7, 11) is -2.22. The molecule has 0 saturated carbocycles. The highest BCUT2D eigenvalue weighted by Gasteiger charge is 2.23. The molecular weight excluding hydrogens is 414 g/mol. The largest absolute Gasteiger partial charge is 0.399 e. The number of nitrogen functional groups attached to an aromatic ring is 1. The first-order valence-corrected chi connectivity index (χ1v) is 8.74. The van der Waals surface area contributed by atoms with Crippen molar-refractivity contribution in [1.29, 1.82) is 0 Å². The molecule has 0 saturated heterocycles. The zero-order chi connectivity index (χ0) is 15.5. The molecule has 0 spiro atoms. The van der Waals surface area contributed by atoms with Crippen molar-refractivity contribution in [2.75, 3.05) is 25.9 Å². The summed E-state index contributed by atoms with van der Waals surface area (Å²) < 4.78 is 27.4. The lowest BCUT2D eigenvalue weighted by Gasteiger charge is -2.15. The number of sulfonamides is 1. The second-order valence-electron chi connectivity index (χ2n) is 4.05. The lowest BCUT2D eigenvalue weighted by Crippen LogP contribution is -2.38. The van der Waals surface area contributed by atoms with E-state index in [2.05, 4.69) is 36.6 Å². The summed E-state index contributed by atoms with van der Waals surface area (Å²) in [4.78, 5) is 13.1. The minimum absolute atomic E-state index is 0.0126. The van der Waals surface area contributed by atoms with Crippen molar-refractivity contribution in [2.24, 2.45) is 0 Å². The van der Waals surface area contributed by atoms with Crippen molar-refractivity contribution < 1.29 is 13.2 Å². The fourth-order valence-corrected chi connectivity index (χ4v) is 4.97. The van der Waals surface area contributed by atoms with E-state index in [-0.39, 0.29) is 17.3 Å². The fraction of sp³-hybridized carbons (Fsp3) is 0.364. The minimum Gasteiger partial charge on any atom is -0.399 e. The highest BCUT2D eigenvalue weighted by Crippen LogP contribution is 2.32. The van der Waals surface area contributed by atoms with Crippen molar-refractivity contribution >= 4 is 53.5 Å². The van der Waals surface area contributed by atoms with Gasteiger partial charge in [0.2, 0.25) is 15.9 Å². The van der Waals surface area contributed by atoms with Crippen LogP contribution in [0.5, 0.6) is 0 Å². The Morgan fingerprint density at radius 2 is 1.85 bits per heavy atom. The van der Waals surface area contributed by atoms with E-state index >= 15 is 0 Å². The monoisotopic (exact) mass is 427 g/mol. The van der Waals surface area contributed by atoms with Crippen LogP contribution in [0.4, 0.5) is 5.69 Å². The molecule has 0 aromatic heterocycles. The third-order valence-corrected chi connectivity index (χ3v) is 5.88. The standard InChI is InChI=1S/C11H15Br2N3O3S/c1-3-16(2)10(17)6-15-20(18,19)11-8(12)4-7(14)5-9(11)13/h4-5,15H,3,6,14H2,1-2H3. The number of anilines is 1. The number of rotatable bonds is 5. The third-order valence-electron chi connectivity index (χ3n) is 2.60. The Kier molecular flexibility index (Phi) is 5.99. The van der Waals surface area contributed by atoms with Crippen molar-refractivity contribution in [3.8, 4) is 0 Å². The van der Waals surface area contributed by atoms with E-state index in [1.807, 2.05) is 0 Å². The van der Waals surface area contributed by atoms with Crippen LogP contribution < -0.4 is 10.5 Å². The Bertz CT molecular complexity index is 596. The van der Waals surface area contributed by atoms with Gasteiger partial charge in [0.1, 0.15) is 4.90 Å². The molecule has 0 aliphatic rings. The first kappa shape index (κ1) is 17.4. The number of likely N-dealkylation sites (N-methyl/N-ethyl adjacent to an activating group) is 1. The van der Waals surface area contributed by atoms with E-state index in [1.165, 1.54) is 17.0 Å². The van der Waals surface area contributed by atoms with E-state index in [0.717, 1.165) is 0 Å². The molecular formula is C11H15Br2N3O3S. The van der Waals surface area contributed by atoms with E-state index in [4.69, 9.17) is 5.73 Å². The molecule has 1 rings (SSSR count). The van der Waals surface area contributed by atoms with E-state index in [1.54, 1.807) is 14.0 Å². The van der Waals surface area contributed by atoms with Crippen LogP contribution in [0.1, 0.15) is 6.92 Å². The Labute approximate surface area is 135 Å². The molecule has 0 radical (unpaired) electrons. The number of hydrogen-bond donors (Lipinski definition) is 2. The fourth-order valence-electron chi connectivity index (χ4n) is 1.38. The zero-order valence-electron chi connectivity index (χ0n) is 11.0. The van der Waals surface area contributed by atoms with Crippen molar-refractivity contribution in [2.45, 2.75) is 11.8 Å². The number of amides is 1. The summed E-state index contributed by atoms with van der Waals surface area (Å²) in [5, 5.41) is 0. The molecule has 1 aromatic carbocycles. The quantitative estimate of drug-likeness (QED) is 0.696. The Balaban J connectivity index is 2.99. The predicted octanol–water partition coefficient (Wildman–Crippen LogP) is 1.55. The Morgan fingerprint density at radius 3 is 2.30 bits per heavy atom. The maximum Gasteiger partial charge on any atom is 0.243 e. The lowest BCUT2D eigenvalue weighted by molar-refractivity contribution is -0.128. The molecule has 1 amide bonds. The van der Waals surface area contributed by atoms with E-state index < -0.39 is 10.0 Å². The third kappa shape index (κ3) is 4.18. The summed E-state index contributed by atoms with van der Waals surface area (Å²) in [6.07, 6.45) is 0. The first-order valence-electron chi connectivity index (χ1n) is 5.67. The van der Waals surface area contributed by atoms with Crippen LogP contribution in [0, 0.1) is 0 Å². The highest BCUT2D eigenvalue weighted by atomic mass is 79.9. The average Bonchev–Trinajstić information content (AvgIpc) is 2.33. The summed E-state index contributed by atoms with van der Waals surface area (Å²) >= 11 is 6.32. The van der Waals surface area contributed by atoms with Gasteiger partial charge >= 0.3 is 0 Å². The van der Waals surface area contributed by atoms with E-state index in [0.29, 0.717) is 21.2 Å². The van der Waals surface area contributed by atoms with Crippen LogP contribution in [0.3, 0.4) is 0 Å². The Morgan fingerprint density at radius 1 is 1.35 bits per heavy atom. The van der Waals surface area contributed by atoms with Crippen LogP contribution in [0.15, 0.2) is 26.0 Å². The molecule has 0 fully saturated rings. The number of benzene rings is 1. The molecule has 0 aliphatic heterocycles. The Hall–Kier alpha value is -0.640. The minimum atomic E-state index is -3.82. The van der Waals surface area contributed by atoms with Gasteiger partial charge in [0.25, 0.3) is 0 Å². The molecule has 20 heavy (non-hydrogen) atoms. The molecule has 0 atom stereocenters. The molecule has 9 heteroatoms. The van der Waals surface area contributed by atoms with Gasteiger partial charge in [-0.2, -0.15) is 0 Å². The molecule has 0 bridgehead atoms. The van der Waals surface area contributed by atoms with Gasteiger partial charge in [-0.25, -0.2) is 13.1 Å². The van der Waals surface area contributed by atoms with Gasteiger partial charge in [0, 0.05) is 28.2 Å². The molecule has 1 aromatic rings. The summed E-state index contributed by atoms with van der Waals surface area (Å²) in [5.41, 5.74) is 6.04. The molecule has 112 valence electrons. The van der Waals surface area contributed by atoms with Crippen molar-refractivity contribution in [3.05, 3.63) is 21.1 Å². The van der Waals surface area contributed by atoms with Gasteiger partial charge in [-0.1, -0.05) is 0 Å². The van der Waals surface area contributed by atoms with Gasteiger partial charge in [0.05, 0.1) is 6.54 Å². The van der Waals surface area contributed by atoms with Gasteiger partial charge < -0.3 is 10.6 Å². The normalized spacial score (nSPS) is 11.4. The number of carbonyl (C=O) groups excluding carboxylic acids is 1. The van der Waals surface area contributed by atoms with Gasteiger partial charge in [-0.05, 0) is 50.9 Å². The van der Waals surface area contributed by atoms with Crippen LogP contribution in [0.25, 0.3) is 0 Å². The number of nitrogens with one attached hydrogen (secondary N) is 1. The van der Waals surface area contributed by atoms with E-state index in [9.17, 15) is 13.2 Å². The second-order valence-corrected chi connectivity index (χ2v) is 7.46. The SMILES string of the molecule is CCN(C)C(=O)CNS(=O)(=O)c1c(Br)cc(N)cc1Br. The van der Waals surface area contributed by atoms with Crippen LogP contribution in [0.2, 0.25) is 0 Å². The number of nitrogens with two attached hydrogens (primary N) is 1. The smallest absolute Gasteiger partial charge is 0.243 e. The topological polar surface area (TPSA) is 92.5 Å². The molecule has 0 unspecified atom stereocenters. The van der Waals surface area contributed by atoms with Gasteiger partial charge in [-0.3, -0.25) is 4.79 Å². The number of halogens is 2. The maximum atomic E-state index is 12.2. The van der Waals surface area contributed by atoms with Crippen molar-refractivity contribution in [1.82, 2.24) is 9.62 Å². The molecule has 3 N–H and O–H groups in total. The zero-order valence-corrected chi connectivity index (χ0v) is 15.0. The van der Waals surface area contributed by atoms with Crippen LogP contribution in [-0.2, 0) is 14.8 Å². The van der Waals surface area contributed by atoms with Crippen LogP contribution in [-0.4, -0.2) is 39.4 Å². The lowest BCUT2D eigenvalue weighted by atomic mass is 10.3. The number of hydrogen-bond acceptors (Lipinski definition) is 4. The van der Waals surface area contributed by atoms with Gasteiger partial charge in [0.15, 0.2) is 0 Å². The number of carbonyl (C=O) groups is 1. The molecule has 6 nitrogen and oxygen atoms in total. The van der Waals surface area contributed by atoms with Crippen LogP contribution >= 0.6 is 31.9 Å². The second kappa shape index (κ2) is 6.88. The maximum absolute atomic E-state index is 12.2. The number of nitrogens with zero attached hydrogens (tertiary/aromatic N) is 1. The van der Waals surface area contributed by atoms with Crippen molar-refractivity contribution in [3.63, 3.8) is 0 Å².